The first-order chi connectivity index (χ1) is 7.17. The van der Waals surface area contributed by atoms with E-state index in [1.54, 1.807) is 20.4 Å². The van der Waals surface area contributed by atoms with Gasteiger partial charge in [0, 0.05) is 12.3 Å². The number of methoxy groups -OCH3 is 2. The van der Waals surface area contributed by atoms with Gasteiger partial charge in [-0.1, -0.05) is 0 Å². The molecule has 0 aliphatic rings. The van der Waals surface area contributed by atoms with Crippen LogP contribution < -0.4 is 9.47 Å². The van der Waals surface area contributed by atoms with Crippen LogP contribution in [0.5, 0.6) is 11.6 Å². The lowest BCUT2D eigenvalue weighted by molar-refractivity contribution is 0.343. The molecule has 0 saturated carbocycles. The van der Waals surface area contributed by atoms with Gasteiger partial charge in [0.2, 0.25) is 0 Å². The molecular weight excluding hydrogens is 210 g/mol. The van der Waals surface area contributed by atoms with Gasteiger partial charge in [-0.15, -0.1) is 0 Å². The summed E-state index contributed by atoms with van der Waals surface area (Å²) in [5.74, 6) is 4.12. The SMILES string of the molecule is COc1cc(C#C[S+](C)C)cnc1OC. The summed E-state index contributed by atoms with van der Waals surface area (Å²) in [5.41, 5.74) is 0.842. The Balaban J connectivity index is 2.99. The van der Waals surface area contributed by atoms with Gasteiger partial charge in [-0.05, 0) is 5.92 Å². The molecule has 0 aromatic carbocycles. The van der Waals surface area contributed by atoms with Crippen molar-refractivity contribution >= 4 is 10.9 Å². The number of ether oxygens (including phenoxy) is 2. The lowest BCUT2D eigenvalue weighted by atomic mass is 10.3. The van der Waals surface area contributed by atoms with Crippen LogP contribution in [0.2, 0.25) is 0 Å². The standard InChI is InChI=1S/C11H14NO2S/c1-13-10-7-9(5-6-15(3)4)8-12-11(10)14-2/h7-8H,1-4H3/q+1. The molecule has 0 amide bonds. The summed E-state index contributed by atoms with van der Waals surface area (Å²) in [5, 5.41) is 3.09. The first-order valence-corrected chi connectivity index (χ1v) is 6.38. The third-order valence-corrected chi connectivity index (χ3v) is 2.14. The highest BCUT2D eigenvalue weighted by atomic mass is 32.2. The van der Waals surface area contributed by atoms with Gasteiger partial charge in [0.25, 0.3) is 5.88 Å². The zero-order valence-corrected chi connectivity index (χ0v) is 10.1. The van der Waals surface area contributed by atoms with Crippen molar-refractivity contribution in [3.05, 3.63) is 17.8 Å². The molecule has 1 aromatic heterocycles. The average molecular weight is 224 g/mol. The third kappa shape index (κ3) is 3.37. The van der Waals surface area contributed by atoms with Crippen LogP contribution in [0.1, 0.15) is 5.56 Å². The molecule has 0 saturated heterocycles. The van der Waals surface area contributed by atoms with Crippen LogP contribution in [0.25, 0.3) is 0 Å². The average Bonchev–Trinajstić information content (AvgIpc) is 2.25. The van der Waals surface area contributed by atoms with Crippen LogP contribution in [0.4, 0.5) is 0 Å². The normalized spacial score (nSPS) is 9.40. The van der Waals surface area contributed by atoms with Gasteiger partial charge in [-0.3, -0.25) is 0 Å². The highest BCUT2D eigenvalue weighted by molar-refractivity contribution is 8.00. The van der Waals surface area contributed by atoms with Crippen LogP contribution >= 0.6 is 0 Å². The first-order valence-electron chi connectivity index (χ1n) is 4.34. The summed E-state index contributed by atoms with van der Waals surface area (Å²) >= 11 is 0. The molecule has 1 aromatic rings. The Morgan fingerprint density at radius 1 is 1.27 bits per heavy atom. The fourth-order valence-corrected chi connectivity index (χ4v) is 1.28. The second-order valence-corrected chi connectivity index (χ2v) is 4.82. The topological polar surface area (TPSA) is 31.4 Å². The fourth-order valence-electron chi connectivity index (χ4n) is 0.961. The van der Waals surface area contributed by atoms with Crippen molar-refractivity contribution in [3.8, 4) is 22.8 Å². The smallest absolute Gasteiger partial charge is 0.256 e. The highest BCUT2D eigenvalue weighted by Gasteiger charge is 2.05. The van der Waals surface area contributed by atoms with Crippen LogP contribution in [0.15, 0.2) is 12.3 Å². The number of aromatic nitrogens is 1. The summed E-state index contributed by atoms with van der Waals surface area (Å²) in [6.07, 6.45) is 5.82. The summed E-state index contributed by atoms with van der Waals surface area (Å²) in [7, 11) is 3.25. The molecular formula is C11H14NO2S+. The summed E-state index contributed by atoms with van der Waals surface area (Å²) < 4.78 is 10.2. The van der Waals surface area contributed by atoms with Crippen LogP contribution in [0.3, 0.4) is 0 Å². The molecule has 0 aliphatic heterocycles. The Bertz CT molecular complexity index is 393. The molecule has 1 rings (SSSR count). The largest absolute Gasteiger partial charge is 0.491 e. The van der Waals surface area contributed by atoms with Crippen LogP contribution in [-0.4, -0.2) is 31.7 Å². The quantitative estimate of drug-likeness (QED) is 0.560. The Labute approximate surface area is 93.2 Å². The minimum atomic E-state index is 0.107. The van der Waals surface area contributed by atoms with E-state index in [0.717, 1.165) is 5.56 Å². The van der Waals surface area contributed by atoms with Crippen molar-refractivity contribution in [2.75, 3.05) is 26.7 Å². The maximum Gasteiger partial charge on any atom is 0.256 e. The van der Waals surface area contributed by atoms with E-state index in [-0.39, 0.29) is 10.9 Å². The van der Waals surface area contributed by atoms with Crippen molar-refractivity contribution in [2.45, 2.75) is 0 Å². The van der Waals surface area contributed by atoms with E-state index in [2.05, 4.69) is 28.7 Å². The second kappa shape index (κ2) is 5.52. The maximum absolute atomic E-state index is 5.13. The fraction of sp³-hybridized carbons (Fsp3) is 0.364. The minimum Gasteiger partial charge on any atom is -0.491 e. The van der Waals surface area contributed by atoms with E-state index in [1.807, 2.05) is 6.07 Å². The Morgan fingerprint density at radius 2 is 2.00 bits per heavy atom. The Kier molecular flexibility index (Phi) is 4.32. The van der Waals surface area contributed by atoms with E-state index in [0.29, 0.717) is 11.6 Å². The van der Waals surface area contributed by atoms with E-state index < -0.39 is 0 Å². The van der Waals surface area contributed by atoms with E-state index in [4.69, 9.17) is 9.47 Å². The maximum atomic E-state index is 5.13. The van der Waals surface area contributed by atoms with Gasteiger partial charge in [-0.2, -0.15) is 0 Å². The van der Waals surface area contributed by atoms with Gasteiger partial charge in [0.1, 0.15) is 12.5 Å². The molecule has 0 atom stereocenters. The zero-order chi connectivity index (χ0) is 11.3. The van der Waals surface area contributed by atoms with Crippen molar-refractivity contribution in [1.82, 2.24) is 4.98 Å². The first kappa shape index (κ1) is 11.7. The molecule has 0 aliphatic carbocycles. The van der Waals surface area contributed by atoms with Gasteiger partial charge in [0.15, 0.2) is 11.0 Å². The number of hydrogen-bond acceptors (Lipinski definition) is 3. The van der Waals surface area contributed by atoms with Crippen molar-refractivity contribution in [2.24, 2.45) is 0 Å². The molecule has 0 fully saturated rings. The molecule has 0 bridgehead atoms. The summed E-state index contributed by atoms with van der Waals surface area (Å²) in [4.78, 5) is 4.10. The van der Waals surface area contributed by atoms with Crippen molar-refractivity contribution < 1.29 is 9.47 Å². The molecule has 15 heavy (non-hydrogen) atoms. The molecule has 3 nitrogen and oxygen atoms in total. The summed E-state index contributed by atoms with van der Waals surface area (Å²) in [6.45, 7) is 0. The molecule has 0 N–H and O–H groups in total. The van der Waals surface area contributed by atoms with E-state index >= 15 is 0 Å². The molecule has 1 heterocycles. The summed E-state index contributed by atoms with van der Waals surface area (Å²) in [6, 6.07) is 1.83. The van der Waals surface area contributed by atoms with E-state index in [9.17, 15) is 0 Å². The lowest BCUT2D eigenvalue weighted by Crippen LogP contribution is -1.94. The van der Waals surface area contributed by atoms with Crippen molar-refractivity contribution in [3.63, 3.8) is 0 Å². The Morgan fingerprint density at radius 3 is 2.53 bits per heavy atom. The Hall–Kier alpha value is -1.34. The van der Waals surface area contributed by atoms with Crippen LogP contribution in [-0.2, 0) is 10.9 Å². The molecule has 0 unspecified atom stereocenters. The lowest BCUT2D eigenvalue weighted by Gasteiger charge is -2.05. The minimum absolute atomic E-state index is 0.107. The predicted octanol–water partition coefficient (Wildman–Crippen LogP) is 1.29. The van der Waals surface area contributed by atoms with Gasteiger partial charge < -0.3 is 9.47 Å². The van der Waals surface area contributed by atoms with E-state index in [1.165, 1.54) is 0 Å². The van der Waals surface area contributed by atoms with Gasteiger partial charge >= 0.3 is 0 Å². The van der Waals surface area contributed by atoms with Gasteiger partial charge in [0.05, 0.1) is 30.7 Å². The molecule has 0 radical (unpaired) electrons. The predicted molar refractivity (Wildman–Crippen MR) is 63.4 cm³/mol. The zero-order valence-electron chi connectivity index (χ0n) is 9.33. The second-order valence-electron chi connectivity index (χ2n) is 2.98. The third-order valence-electron chi connectivity index (χ3n) is 1.63. The monoisotopic (exact) mass is 224 g/mol. The number of hydrogen-bond donors (Lipinski definition) is 0. The van der Waals surface area contributed by atoms with Crippen LogP contribution in [0, 0.1) is 11.2 Å². The van der Waals surface area contributed by atoms with Crippen molar-refractivity contribution in [1.29, 1.82) is 0 Å². The highest BCUT2D eigenvalue weighted by Crippen LogP contribution is 2.23. The molecule has 4 heteroatoms. The number of nitrogens with zero attached hydrogens (tertiary/aromatic N) is 1. The molecule has 0 spiro atoms. The number of pyridine rings is 1. The van der Waals surface area contributed by atoms with Gasteiger partial charge in [-0.25, -0.2) is 4.98 Å². The number of rotatable bonds is 2. The molecule has 80 valence electrons.